The number of ether oxygens (including phenoxy) is 1. The van der Waals surface area contributed by atoms with Crippen molar-refractivity contribution in [2.45, 2.75) is 6.92 Å². The molecule has 68 valence electrons. The van der Waals surface area contributed by atoms with Crippen LogP contribution in [0.2, 0.25) is 0 Å². The summed E-state index contributed by atoms with van der Waals surface area (Å²) < 4.78 is 5.14. The van der Waals surface area contributed by atoms with Crippen LogP contribution in [-0.2, 0) is 4.79 Å². The second-order valence-electron chi connectivity index (χ2n) is 2.72. The molecule has 0 saturated heterocycles. The molecule has 0 N–H and O–H groups in total. The van der Waals surface area contributed by atoms with Crippen LogP contribution in [0, 0.1) is 6.92 Å². The molecule has 0 heterocycles. The molecule has 1 aromatic carbocycles. The van der Waals surface area contributed by atoms with Gasteiger partial charge in [0.25, 0.3) is 0 Å². The summed E-state index contributed by atoms with van der Waals surface area (Å²) in [6.07, 6.45) is 3.96. The molecular weight excluding hydrogens is 164 g/mol. The first-order valence-electron chi connectivity index (χ1n) is 4.04. The van der Waals surface area contributed by atoms with Gasteiger partial charge in [0, 0.05) is 0 Å². The van der Waals surface area contributed by atoms with E-state index in [-0.39, 0.29) is 0 Å². The van der Waals surface area contributed by atoms with Crippen molar-refractivity contribution in [2.75, 3.05) is 7.11 Å². The number of carbonyl (C=O) groups is 1. The largest absolute Gasteiger partial charge is 0.496 e. The van der Waals surface area contributed by atoms with E-state index in [0.29, 0.717) is 0 Å². The van der Waals surface area contributed by atoms with Crippen molar-refractivity contribution in [1.82, 2.24) is 0 Å². The lowest BCUT2D eigenvalue weighted by molar-refractivity contribution is -0.104. The maximum absolute atomic E-state index is 10.1. The highest BCUT2D eigenvalue weighted by molar-refractivity contribution is 5.74. The number of methoxy groups -OCH3 is 1. The molecule has 0 fully saturated rings. The second-order valence-corrected chi connectivity index (χ2v) is 2.72. The van der Waals surface area contributed by atoms with Crippen molar-refractivity contribution in [3.8, 4) is 5.75 Å². The zero-order valence-electron chi connectivity index (χ0n) is 7.78. The molecule has 1 aromatic rings. The van der Waals surface area contributed by atoms with Crippen LogP contribution in [0.4, 0.5) is 0 Å². The third kappa shape index (κ3) is 2.44. The van der Waals surface area contributed by atoms with E-state index in [9.17, 15) is 4.79 Å². The highest BCUT2D eigenvalue weighted by atomic mass is 16.5. The maximum atomic E-state index is 10.1. The fraction of sp³-hybridized carbons (Fsp3) is 0.182. The van der Waals surface area contributed by atoms with Gasteiger partial charge < -0.3 is 4.74 Å². The topological polar surface area (TPSA) is 26.3 Å². The fourth-order valence-electron chi connectivity index (χ4n) is 1.09. The molecule has 0 radical (unpaired) electrons. The number of rotatable bonds is 3. The quantitative estimate of drug-likeness (QED) is 0.521. The minimum absolute atomic E-state index is 0.756. The molecule has 2 nitrogen and oxygen atoms in total. The summed E-state index contributed by atoms with van der Waals surface area (Å²) in [4.78, 5) is 10.1. The molecule has 0 aliphatic rings. The lowest BCUT2D eigenvalue weighted by Gasteiger charge is -2.04. The number of hydrogen-bond donors (Lipinski definition) is 0. The summed E-state index contributed by atoms with van der Waals surface area (Å²) in [6.45, 7) is 1.98. The zero-order valence-corrected chi connectivity index (χ0v) is 7.78. The molecule has 0 aliphatic heterocycles. The first-order chi connectivity index (χ1) is 6.27. The molecule has 0 atom stereocenters. The van der Waals surface area contributed by atoms with Crippen LogP contribution in [0.15, 0.2) is 24.3 Å². The SMILES string of the molecule is COc1cc(C=CC=O)ccc1C. The van der Waals surface area contributed by atoms with Gasteiger partial charge in [-0.1, -0.05) is 18.2 Å². The number of allylic oxidation sites excluding steroid dienone is 1. The predicted octanol–water partition coefficient (Wildman–Crippen LogP) is 2.22. The number of benzene rings is 1. The van der Waals surface area contributed by atoms with Gasteiger partial charge in [0.05, 0.1) is 7.11 Å². The van der Waals surface area contributed by atoms with Gasteiger partial charge in [-0.15, -0.1) is 0 Å². The van der Waals surface area contributed by atoms with Gasteiger partial charge >= 0.3 is 0 Å². The summed E-state index contributed by atoms with van der Waals surface area (Å²) in [6, 6.07) is 5.80. The lowest BCUT2D eigenvalue weighted by atomic mass is 10.1. The number of aryl methyl sites for hydroxylation is 1. The second kappa shape index (κ2) is 4.45. The van der Waals surface area contributed by atoms with E-state index in [1.807, 2.05) is 25.1 Å². The van der Waals surface area contributed by atoms with Gasteiger partial charge in [0.1, 0.15) is 12.0 Å². The van der Waals surface area contributed by atoms with Gasteiger partial charge in [0.2, 0.25) is 0 Å². The summed E-state index contributed by atoms with van der Waals surface area (Å²) in [5.74, 6) is 0.841. The van der Waals surface area contributed by atoms with E-state index in [2.05, 4.69) is 0 Å². The molecule has 2 heteroatoms. The van der Waals surface area contributed by atoms with Gasteiger partial charge in [-0.3, -0.25) is 4.79 Å². The van der Waals surface area contributed by atoms with Crippen LogP contribution < -0.4 is 4.74 Å². The minimum Gasteiger partial charge on any atom is -0.496 e. The summed E-state index contributed by atoms with van der Waals surface area (Å²) in [5, 5.41) is 0. The van der Waals surface area contributed by atoms with Crippen LogP contribution in [0.1, 0.15) is 11.1 Å². The van der Waals surface area contributed by atoms with Crippen molar-refractivity contribution in [3.63, 3.8) is 0 Å². The Morgan fingerprint density at radius 1 is 1.38 bits per heavy atom. The smallest absolute Gasteiger partial charge is 0.142 e. The first kappa shape index (κ1) is 9.52. The molecular formula is C11H12O2. The molecule has 1 rings (SSSR count). The van der Waals surface area contributed by atoms with Crippen LogP contribution in [-0.4, -0.2) is 13.4 Å². The van der Waals surface area contributed by atoms with Crippen molar-refractivity contribution in [1.29, 1.82) is 0 Å². The standard InChI is InChI=1S/C11H12O2/c1-9-5-6-10(4-3-7-12)8-11(9)13-2/h3-8H,1-2H3. The van der Waals surface area contributed by atoms with E-state index in [1.54, 1.807) is 13.2 Å². The summed E-state index contributed by atoms with van der Waals surface area (Å²) >= 11 is 0. The third-order valence-corrected chi connectivity index (χ3v) is 1.80. The van der Waals surface area contributed by atoms with E-state index in [1.165, 1.54) is 6.08 Å². The molecule has 0 amide bonds. The zero-order chi connectivity index (χ0) is 9.68. The molecule has 0 spiro atoms. The molecule has 0 saturated carbocycles. The average molecular weight is 176 g/mol. The Morgan fingerprint density at radius 2 is 2.15 bits per heavy atom. The van der Waals surface area contributed by atoms with Crippen molar-refractivity contribution >= 4 is 12.4 Å². The van der Waals surface area contributed by atoms with E-state index < -0.39 is 0 Å². The van der Waals surface area contributed by atoms with Crippen LogP contribution >= 0.6 is 0 Å². The predicted molar refractivity (Wildman–Crippen MR) is 52.8 cm³/mol. The minimum atomic E-state index is 0.756. The maximum Gasteiger partial charge on any atom is 0.142 e. The summed E-state index contributed by atoms with van der Waals surface area (Å²) in [5.41, 5.74) is 2.06. The lowest BCUT2D eigenvalue weighted by Crippen LogP contribution is -1.87. The van der Waals surface area contributed by atoms with Gasteiger partial charge in [-0.05, 0) is 30.2 Å². The summed E-state index contributed by atoms with van der Waals surface area (Å²) in [7, 11) is 1.63. The normalized spacial score (nSPS) is 10.3. The van der Waals surface area contributed by atoms with Gasteiger partial charge in [-0.25, -0.2) is 0 Å². The Hall–Kier alpha value is -1.57. The van der Waals surface area contributed by atoms with Gasteiger partial charge in [0.15, 0.2) is 0 Å². The highest BCUT2D eigenvalue weighted by Gasteiger charge is 1.96. The number of aldehydes is 1. The highest BCUT2D eigenvalue weighted by Crippen LogP contribution is 2.19. The van der Waals surface area contributed by atoms with Crippen LogP contribution in [0.3, 0.4) is 0 Å². The monoisotopic (exact) mass is 176 g/mol. The van der Waals surface area contributed by atoms with Crippen molar-refractivity contribution in [2.24, 2.45) is 0 Å². The average Bonchev–Trinajstić information content (AvgIpc) is 2.16. The van der Waals surface area contributed by atoms with Gasteiger partial charge in [-0.2, -0.15) is 0 Å². The van der Waals surface area contributed by atoms with E-state index >= 15 is 0 Å². The van der Waals surface area contributed by atoms with Crippen molar-refractivity contribution < 1.29 is 9.53 Å². The Kier molecular flexibility index (Phi) is 3.26. The Bertz CT molecular complexity index is 327. The van der Waals surface area contributed by atoms with Crippen LogP contribution in [0.5, 0.6) is 5.75 Å². The third-order valence-electron chi connectivity index (χ3n) is 1.80. The molecule has 0 aromatic heterocycles. The van der Waals surface area contributed by atoms with Crippen LogP contribution in [0.25, 0.3) is 6.08 Å². The molecule has 0 bridgehead atoms. The first-order valence-corrected chi connectivity index (χ1v) is 4.04. The Morgan fingerprint density at radius 3 is 2.77 bits per heavy atom. The molecule has 13 heavy (non-hydrogen) atoms. The van der Waals surface area contributed by atoms with E-state index in [0.717, 1.165) is 23.2 Å². The molecule has 0 unspecified atom stereocenters. The Balaban J connectivity index is 2.99. The number of hydrogen-bond acceptors (Lipinski definition) is 2. The Labute approximate surface area is 77.8 Å². The molecule has 0 aliphatic carbocycles. The van der Waals surface area contributed by atoms with Crippen molar-refractivity contribution in [3.05, 3.63) is 35.4 Å². The van der Waals surface area contributed by atoms with E-state index in [4.69, 9.17) is 4.74 Å². The number of carbonyl (C=O) groups excluding carboxylic acids is 1. The fourth-order valence-corrected chi connectivity index (χ4v) is 1.09.